The first-order chi connectivity index (χ1) is 19.8. The zero-order valence-corrected chi connectivity index (χ0v) is 22.3. The summed E-state index contributed by atoms with van der Waals surface area (Å²) in [5.41, 5.74) is 11.7. The maximum atomic E-state index is 2.56. The second-order valence-corrected chi connectivity index (χ2v) is 12.0. The molecule has 0 fully saturated rings. The van der Waals surface area contributed by atoms with Crippen LogP contribution in [0.5, 0.6) is 0 Å². The van der Waals surface area contributed by atoms with Crippen molar-refractivity contribution in [2.45, 2.75) is 0 Å². The third-order valence-corrected chi connectivity index (χ3v) is 10.1. The number of thiophene rings is 1. The molecule has 2 nitrogen and oxygen atoms in total. The van der Waals surface area contributed by atoms with Gasteiger partial charge in [0.1, 0.15) is 0 Å². The third-order valence-electron chi connectivity index (χ3n) is 8.95. The molecule has 8 aromatic rings. The van der Waals surface area contributed by atoms with Gasteiger partial charge in [0.25, 0.3) is 0 Å². The average Bonchev–Trinajstić information content (AvgIpc) is 3.68. The second-order valence-electron chi connectivity index (χ2n) is 10.9. The molecule has 0 unspecified atom stereocenters. The first kappa shape index (κ1) is 21.1. The number of para-hydroxylation sites is 2. The summed E-state index contributed by atoms with van der Waals surface area (Å²) in [6.07, 6.45) is 0. The highest BCUT2D eigenvalue weighted by atomic mass is 32.1. The van der Waals surface area contributed by atoms with E-state index in [9.17, 15) is 0 Å². The molecule has 0 amide bonds. The normalized spacial score (nSPS) is 13.4. The molecule has 2 aromatic heterocycles. The Morgan fingerprint density at radius 2 is 1.25 bits per heavy atom. The summed E-state index contributed by atoms with van der Waals surface area (Å²) in [7, 11) is 0. The van der Waals surface area contributed by atoms with E-state index in [1.807, 2.05) is 11.3 Å². The van der Waals surface area contributed by atoms with Crippen LogP contribution in [0.25, 0.3) is 64.2 Å². The van der Waals surface area contributed by atoms with Gasteiger partial charge in [-0.25, -0.2) is 0 Å². The van der Waals surface area contributed by atoms with Crippen molar-refractivity contribution >= 4 is 77.1 Å². The van der Waals surface area contributed by atoms with Gasteiger partial charge < -0.3 is 9.29 Å². The van der Waals surface area contributed by atoms with Gasteiger partial charge in [-0.2, -0.15) is 0 Å². The molecule has 0 spiro atoms. The van der Waals surface area contributed by atoms with E-state index in [4.69, 9.17) is 0 Å². The summed E-state index contributed by atoms with van der Waals surface area (Å²) in [5, 5.41) is 5.34. The van der Waals surface area contributed by atoms with Crippen LogP contribution in [0.2, 0.25) is 0 Å². The van der Waals surface area contributed by atoms with Crippen LogP contribution in [0.1, 0.15) is 0 Å². The largest absolute Gasteiger partial charge is 0.421 e. The smallest absolute Gasteiger partial charge is 0.359 e. The lowest BCUT2D eigenvalue weighted by molar-refractivity contribution is 1.31. The lowest BCUT2D eigenvalue weighted by Gasteiger charge is -2.35. The Hall–Kier alpha value is -4.80. The first-order valence-corrected chi connectivity index (χ1v) is 14.6. The summed E-state index contributed by atoms with van der Waals surface area (Å²) in [6, 6.07) is 47.4. The number of rotatable bonds is 1. The van der Waals surface area contributed by atoms with Crippen LogP contribution in [0.15, 0.2) is 127 Å². The summed E-state index contributed by atoms with van der Waals surface area (Å²) in [5.74, 6) is 0. The minimum Gasteiger partial charge on any atom is -0.359 e. The highest BCUT2D eigenvalue weighted by Gasteiger charge is 2.44. The van der Waals surface area contributed by atoms with E-state index < -0.39 is 0 Å². The summed E-state index contributed by atoms with van der Waals surface area (Å²) in [4.78, 5) is 2.56. The molecule has 0 bridgehead atoms. The quantitative estimate of drug-likeness (QED) is 0.194. The Kier molecular flexibility index (Phi) is 3.92. The minimum atomic E-state index is 0.0999. The maximum absolute atomic E-state index is 2.56. The fourth-order valence-corrected chi connectivity index (χ4v) is 8.37. The van der Waals surface area contributed by atoms with Gasteiger partial charge in [-0.05, 0) is 64.6 Å². The van der Waals surface area contributed by atoms with Gasteiger partial charge in [0.05, 0.1) is 11.2 Å². The minimum absolute atomic E-state index is 0.0999. The van der Waals surface area contributed by atoms with Crippen LogP contribution in [0.3, 0.4) is 0 Å². The second kappa shape index (κ2) is 7.44. The van der Waals surface area contributed by atoms with Gasteiger partial charge >= 0.3 is 6.98 Å². The van der Waals surface area contributed by atoms with E-state index in [0.717, 1.165) is 0 Å². The van der Waals surface area contributed by atoms with Gasteiger partial charge in [0.15, 0.2) is 0 Å². The van der Waals surface area contributed by atoms with E-state index in [1.165, 1.54) is 81.1 Å². The summed E-state index contributed by atoms with van der Waals surface area (Å²) in [6.45, 7) is 0.0999. The third kappa shape index (κ3) is 2.55. The predicted molar refractivity (Wildman–Crippen MR) is 173 cm³/mol. The van der Waals surface area contributed by atoms with Crippen molar-refractivity contribution in [3.05, 3.63) is 127 Å². The monoisotopic (exact) mass is 524 g/mol. The first-order valence-electron chi connectivity index (χ1n) is 13.8. The van der Waals surface area contributed by atoms with Crippen molar-refractivity contribution in [1.29, 1.82) is 0 Å². The molecule has 2 aliphatic heterocycles. The lowest BCUT2D eigenvalue weighted by Crippen LogP contribution is -2.51. The zero-order valence-electron chi connectivity index (χ0n) is 21.5. The zero-order chi connectivity index (χ0) is 25.9. The van der Waals surface area contributed by atoms with Gasteiger partial charge in [0, 0.05) is 47.7 Å². The molecule has 0 N–H and O–H groups in total. The Bertz CT molecular complexity index is 2360. The number of hydrogen-bond acceptors (Lipinski definition) is 2. The fourth-order valence-electron chi connectivity index (χ4n) is 7.28. The van der Waals surface area contributed by atoms with E-state index >= 15 is 0 Å². The van der Waals surface area contributed by atoms with E-state index in [-0.39, 0.29) is 6.98 Å². The Labute approximate surface area is 235 Å². The number of nitrogens with zero attached hydrogens (tertiary/aromatic N) is 2. The molecular formula is C36H21BN2S. The van der Waals surface area contributed by atoms with E-state index in [0.29, 0.717) is 0 Å². The van der Waals surface area contributed by atoms with Gasteiger partial charge in [-0.15, -0.1) is 11.3 Å². The van der Waals surface area contributed by atoms with Crippen LogP contribution in [0, 0.1) is 0 Å². The van der Waals surface area contributed by atoms with E-state index in [2.05, 4.69) is 137 Å². The van der Waals surface area contributed by atoms with Crippen molar-refractivity contribution in [1.82, 2.24) is 4.48 Å². The molecule has 10 rings (SSSR count). The molecular weight excluding hydrogens is 503 g/mol. The van der Waals surface area contributed by atoms with Crippen molar-refractivity contribution in [3.63, 3.8) is 0 Å². The number of hydrogen-bond donors (Lipinski definition) is 0. The molecule has 184 valence electrons. The molecule has 0 aliphatic carbocycles. The van der Waals surface area contributed by atoms with E-state index in [1.54, 1.807) is 0 Å². The standard InChI is InChI=1S/C36H21BN2S/c1-4-12-30-24(8-1)28-20-22(23-17-19-35-29(21-23)26-10-3-6-15-34(26)40-35)16-18-32(28)38-33-14-7-11-27-25-9-2-5-13-31(25)39(36(27)33)37(30)38/h1-21H. The number of benzene rings is 6. The van der Waals surface area contributed by atoms with Crippen LogP contribution >= 0.6 is 11.3 Å². The molecule has 0 saturated heterocycles. The number of anilines is 2. The van der Waals surface area contributed by atoms with Crippen LogP contribution in [0.4, 0.5) is 11.4 Å². The number of aromatic nitrogens is 1. The lowest BCUT2D eigenvalue weighted by atomic mass is 9.60. The van der Waals surface area contributed by atoms with Crippen molar-refractivity contribution in [2.75, 3.05) is 4.81 Å². The van der Waals surface area contributed by atoms with Gasteiger partial charge in [0.2, 0.25) is 0 Å². The fraction of sp³-hybridized carbons (Fsp3) is 0. The Morgan fingerprint density at radius 1 is 0.500 bits per heavy atom. The topological polar surface area (TPSA) is 8.17 Å². The van der Waals surface area contributed by atoms with Crippen molar-refractivity contribution in [3.8, 4) is 22.3 Å². The van der Waals surface area contributed by atoms with Crippen molar-refractivity contribution in [2.24, 2.45) is 0 Å². The molecule has 4 heteroatoms. The Morgan fingerprint density at radius 3 is 2.23 bits per heavy atom. The molecule has 0 atom stereocenters. The van der Waals surface area contributed by atoms with Crippen LogP contribution in [-0.2, 0) is 0 Å². The predicted octanol–water partition coefficient (Wildman–Crippen LogP) is 9.20. The van der Waals surface area contributed by atoms with Crippen LogP contribution in [-0.4, -0.2) is 11.5 Å². The summed E-state index contributed by atoms with van der Waals surface area (Å²) < 4.78 is 5.25. The number of fused-ring (bicyclic) bond motifs is 14. The highest BCUT2D eigenvalue weighted by molar-refractivity contribution is 7.25. The molecule has 0 radical (unpaired) electrons. The molecule has 6 aromatic carbocycles. The summed E-state index contributed by atoms with van der Waals surface area (Å²) >= 11 is 1.87. The highest BCUT2D eigenvalue weighted by Crippen LogP contribution is 2.49. The molecule has 0 saturated carbocycles. The van der Waals surface area contributed by atoms with Crippen LogP contribution < -0.4 is 10.3 Å². The van der Waals surface area contributed by atoms with Crippen molar-refractivity contribution < 1.29 is 0 Å². The Balaban J connectivity index is 1.23. The molecule has 40 heavy (non-hydrogen) atoms. The van der Waals surface area contributed by atoms with Gasteiger partial charge in [-0.1, -0.05) is 84.9 Å². The molecule has 2 aliphatic rings. The van der Waals surface area contributed by atoms with Gasteiger partial charge in [-0.3, -0.25) is 0 Å². The average molecular weight is 524 g/mol. The molecule has 4 heterocycles. The SMILES string of the molecule is c1ccc2c(c1)B1N(c3ccc(-c4ccc5sc6ccccc6c5c4)cc3-2)c2cccc3c4ccccc4n1c23. The maximum Gasteiger partial charge on any atom is 0.421 e.